The van der Waals surface area contributed by atoms with E-state index in [0.717, 1.165) is 36.6 Å². The highest BCUT2D eigenvalue weighted by atomic mass is 32.1. The molecule has 3 heterocycles. The van der Waals surface area contributed by atoms with Gasteiger partial charge in [-0.05, 0) is 30.5 Å². The van der Waals surface area contributed by atoms with Crippen molar-refractivity contribution in [3.8, 4) is 0 Å². The fourth-order valence-corrected chi connectivity index (χ4v) is 4.06. The van der Waals surface area contributed by atoms with E-state index in [2.05, 4.69) is 20.2 Å². The van der Waals surface area contributed by atoms with Gasteiger partial charge in [0.2, 0.25) is 0 Å². The van der Waals surface area contributed by atoms with Gasteiger partial charge in [0, 0.05) is 55.2 Å². The Morgan fingerprint density at radius 3 is 2.88 bits per heavy atom. The first-order valence-corrected chi connectivity index (χ1v) is 9.66. The Bertz CT molecular complexity index is 829. The minimum Gasteiger partial charge on any atom is -0.350 e. The maximum absolute atomic E-state index is 12.5. The van der Waals surface area contributed by atoms with Gasteiger partial charge in [0.25, 0.3) is 5.91 Å². The van der Waals surface area contributed by atoms with Crippen LogP contribution in [0, 0.1) is 0 Å². The average molecular weight is 367 g/mol. The van der Waals surface area contributed by atoms with Gasteiger partial charge in [-0.2, -0.15) is 0 Å². The van der Waals surface area contributed by atoms with Crippen LogP contribution < -0.4 is 10.2 Å². The van der Waals surface area contributed by atoms with Crippen molar-refractivity contribution < 1.29 is 4.79 Å². The number of imidazole rings is 1. The topological polar surface area (TPSA) is 63.1 Å². The van der Waals surface area contributed by atoms with Crippen LogP contribution in [-0.2, 0) is 6.54 Å². The van der Waals surface area contributed by atoms with Crippen LogP contribution in [0.1, 0.15) is 28.8 Å². The summed E-state index contributed by atoms with van der Waals surface area (Å²) in [6.07, 6.45) is 9.54. The molecular formula is C19H21N5OS. The molecule has 2 aromatic heterocycles. The Morgan fingerprint density at radius 1 is 1.27 bits per heavy atom. The molecule has 6 nitrogen and oxygen atoms in total. The van der Waals surface area contributed by atoms with Crippen LogP contribution in [0.4, 0.5) is 5.13 Å². The summed E-state index contributed by atoms with van der Waals surface area (Å²) in [6, 6.07) is 8.08. The van der Waals surface area contributed by atoms with E-state index in [-0.39, 0.29) is 5.91 Å². The molecule has 0 bridgehead atoms. The van der Waals surface area contributed by atoms with E-state index in [4.69, 9.17) is 0 Å². The van der Waals surface area contributed by atoms with Crippen LogP contribution in [-0.4, -0.2) is 39.6 Å². The molecule has 1 saturated heterocycles. The number of carbonyl (C=O) groups is 1. The van der Waals surface area contributed by atoms with Crippen molar-refractivity contribution in [1.29, 1.82) is 0 Å². The SMILES string of the molecule is O=C(NC[C@@H]1CCCN1c1nccs1)c1ccc(Cn2ccnc2)cc1. The third-order valence-corrected chi connectivity index (χ3v) is 5.49. The highest BCUT2D eigenvalue weighted by molar-refractivity contribution is 7.13. The predicted molar refractivity (Wildman–Crippen MR) is 103 cm³/mol. The minimum absolute atomic E-state index is 0.0230. The first-order valence-electron chi connectivity index (χ1n) is 8.78. The van der Waals surface area contributed by atoms with Gasteiger partial charge in [-0.1, -0.05) is 12.1 Å². The summed E-state index contributed by atoms with van der Waals surface area (Å²) >= 11 is 1.65. The molecule has 0 unspecified atom stereocenters. The Balaban J connectivity index is 1.33. The van der Waals surface area contributed by atoms with Gasteiger partial charge in [0.15, 0.2) is 5.13 Å². The van der Waals surface area contributed by atoms with Crippen molar-refractivity contribution in [1.82, 2.24) is 19.9 Å². The molecule has 1 atom stereocenters. The van der Waals surface area contributed by atoms with Crippen LogP contribution in [0.2, 0.25) is 0 Å². The number of carbonyl (C=O) groups excluding carboxylic acids is 1. The third kappa shape index (κ3) is 3.77. The lowest BCUT2D eigenvalue weighted by atomic mass is 10.1. The molecule has 1 aliphatic rings. The molecule has 0 saturated carbocycles. The van der Waals surface area contributed by atoms with Crippen molar-refractivity contribution in [3.05, 3.63) is 65.7 Å². The molecule has 1 fully saturated rings. The van der Waals surface area contributed by atoms with E-state index in [1.54, 1.807) is 23.9 Å². The summed E-state index contributed by atoms with van der Waals surface area (Å²) < 4.78 is 2.00. The Hall–Kier alpha value is -2.67. The van der Waals surface area contributed by atoms with E-state index >= 15 is 0 Å². The van der Waals surface area contributed by atoms with Gasteiger partial charge in [-0.3, -0.25) is 4.79 Å². The summed E-state index contributed by atoms with van der Waals surface area (Å²) in [5, 5.41) is 6.12. The molecule has 7 heteroatoms. The highest BCUT2D eigenvalue weighted by Crippen LogP contribution is 2.26. The normalized spacial score (nSPS) is 16.8. The lowest BCUT2D eigenvalue weighted by molar-refractivity contribution is 0.0951. The quantitative estimate of drug-likeness (QED) is 0.728. The Labute approximate surface area is 156 Å². The second-order valence-corrected chi connectivity index (χ2v) is 7.32. The largest absolute Gasteiger partial charge is 0.350 e. The number of nitrogens with zero attached hydrogens (tertiary/aromatic N) is 4. The van der Waals surface area contributed by atoms with E-state index < -0.39 is 0 Å². The number of hydrogen-bond acceptors (Lipinski definition) is 5. The standard InChI is InChI=1S/C19H21N5OS/c25-18(16-5-3-15(4-6-16)13-23-10-7-20-14-23)22-12-17-2-1-9-24(17)19-21-8-11-26-19/h3-8,10-11,14,17H,1-2,9,12-13H2,(H,22,25)/t17-/m0/s1. The lowest BCUT2D eigenvalue weighted by Gasteiger charge is -2.24. The zero-order chi connectivity index (χ0) is 17.8. The summed E-state index contributed by atoms with van der Waals surface area (Å²) in [5.41, 5.74) is 1.84. The maximum Gasteiger partial charge on any atom is 0.251 e. The summed E-state index contributed by atoms with van der Waals surface area (Å²) in [4.78, 5) is 23.2. The fraction of sp³-hybridized carbons (Fsp3) is 0.316. The number of amides is 1. The lowest BCUT2D eigenvalue weighted by Crippen LogP contribution is -2.40. The predicted octanol–water partition coefficient (Wildman–Crippen LogP) is 2.79. The van der Waals surface area contributed by atoms with Gasteiger partial charge < -0.3 is 14.8 Å². The molecule has 0 aliphatic carbocycles. The smallest absolute Gasteiger partial charge is 0.251 e. The van der Waals surface area contributed by atoms with Crippen molar-refractivity contribution in [3.63, 3.8) is 0 Å². The van der Waals surface area contributed by atoms with E-state index in [9.17, 15) is 4.79 Å². The van der Waals surface area contributed by atoms with Crippen molar-refractivity contribution in [2.45, 2.75) is 25.4 Å². The summed E-state index contributed by atoms with van der Waals surface area (Å²) in [6.45, 7) is 2.42. The van der Waals surface area contributed by atoms with Gasteiger partial charge in [0.05, 0.1) is 6.33 Å². The number of aromatic nitrogens is 3. The fourth-order valence-electron chi connectivity index (χ4n) is 3.32. The second-order valence-electron chi connectivity index (χ2n) is 6.45. The zero-order valence-electron chi connectivity index (χ0n) is 14.4. The molecule has 134 valence electrons. The Kier molecular flexibility index (Phi) is 4.97. The third-order valence-electron chi connectivity index (χ3n) is 4.68. The van der Waals surface area contributed by atoms with Crippen molar-refractivity contribution in [2.24, 2.45) is 0 Å². The van der Waals surface area contributed by atoms with Crippen LogP contribution in [0.3, 0.4) is 0 Å². The Morgan fingerprint density at radius 2 is 2.15 bits per heavy atom. The van der Waals surface area contributed by atoms with E-state index in [0.29, 0.717) is 18.2 Å². The molecule has 0 radical (unpaired) electrons. The maximum atomic E-state index is 12.5. The molecule has 4 rings (SSSR count). The molecule has 3 aromatic rings. The highest BCUT2D eigenvalue weighted by Gasteiger charge is 2.26. The van der Waals surface area contributed by atoms with Gasteiger partial charge in [-0.15, -0.1) is 11.3 Å². The molecule has 26 heavy (non-hydrogen) atoms. The van der Waals surface area contributed by atoms with Crippen LogP contribution in [0.15, 0.2) is 54.6 Å². The zero-order valence-corrected chi connectivity index (χ0v) is 15.2. The van der Waals surface area contributed by atoms with Gasteiger partial charge >= 0.3 is 0 Å². The number of hydrogen-bond donors (Lipinski definition) is 1. The number of anilines is 1. The number of nitrogens with one attached hydrogen (secondary N) is 1. The molecule has 1 amide bonds. The second kappa shape index (κ2) is 7.70. The first-order chi connectivity index (χ1) is 12.8. The molecular weight excluding hydrogens is 346 g/mol. The van der Waals surface area contributed by atoms with Gasteiger partial charge in [0.1, 0.15) is 0 Å². The van der Waals surface area contributed by atoms with Crippen LogP contribution >= 0.6 is 11.3 Å². The number of thiazole rings is 1. The van der Waals surface area contributed by atoms with Crippen molar-refractivity contribution >= 4 is 22.4 Å². The minimum atomic E-state index is -0.0230. The summed E-state index contributed by atoms with van der Waals surface area (Å²) in [7, 11) is 0. The average Bonchev–Trinajstić information content (AvgIpc) is 3.41. The van der Waals surface area contributed by atoms with Crippen LogP contribution in [0.5, 0.6) is 0 Å². The number of rotatable bonds is 6. The van der Waals surface area contributed by atoms with E-state index in [1.807, 2.05) is 46.6 Å². The summed E-state index contributed by atoms with van der Waals surface area (Å²) in [5.74, 6) is -0.0230. The monoisotopic (exact) mass is 367 g/mol. The van der Waals surface area contributed by atoms with E-state index in [1.165, 1.54) is 0 Å². The first kappa shape index (κ1) is 16.8. The number of benzene rings is 1. The van der Waals surface area contributed by atoms with Crippen molar-refractivity contribution in [2.75, 3.05) is 18.0 Å². The molecule has 1 aliphatic heterocycles. The molecule has 1 N–H and O–H groups in total. The molecule has 1 aromatic carbocycles. The molecule has 0 spiro atoms. The van der Waals surface area contributed by atoms with Gasteiger partial charge in [-0.25, -0.2) is 9.97 Å². The van der Waals surface area contributed by atoms with Crippen LogP contribution in [0.25, 0.3) is 0 Å².